The maximum absolute atomic E-state index is 12.2. The van der Waals surface area contributed by atoms with Crippen LogP contribution in [0.3, 0.4) is 0 Å². The van der Waals surface area contributed by atoms with Crippen LogP contribution < -0.4 is 0 Å². The molecule has 0 spiro atoms. The first-order chi connectivity index (χ1) is 9.11. The lowest BCUT2D eigenvalue weighted by molar-refractivity contribution is 0.0641. The van der Waals surface area contributed by atoms with Crippen LogP contribution in [0.15, 0.2) is 18.2 Å². The van der Waals surface area contributed by atoms with E-state index < -0.39 is 0 Å². The van der Waals surface area contributed by atoms with E-state index in [4.69, 9.17) is 11.6 Å². The molecule has 0 radical (unpaired) electrons. The molecule has 0 saturated carbocycles. The zero-order valence-electron chi connectivity index (χ0n) is 10.5. The molecule has 2 rings (SSSR count). The smallest absolute Gasteiger partial charge is 0.257 e. The summed E-state index contributed by atoms with van der Waals surface area (Å²) >= 11 is 5.69. The molecule has 1 amide bonds. The van der Waals surface area contributed by atoms with Crippen LogP contribution in [0.25, 0.3) is 0 Å². The highest BCUT2D eigenvalue weighted by Crippen LogP contribution is 2.24. The Morgan fingerprint density at radius 1 is 1.21 bits per heavy atom. The van der Waals surface area contributed by atoms with Gasteiger partial charge in [-0.05, 0) is 12.1 Å². The number of carbonyl (C=O) groups excluding carboxylic acids is 1. The number of halogens is 1. The highest BCUT2D eigenvalue weighted by molar-refractivity contribution is 6.18. The van der Waals surface area contributed by atoms with E-state index in [-0.39, 0.29) is 23.0 Å². The van der Waals surface area contributed by atoms with Gasteiger partial charge in [-0.2, -0.15) is 0 Å². The molecule has 1 aliphatic heterocycles. The second-order valence-electron chi connectivity index (χ2n) is 4.52. The van der Waals surface area contributed by atoms with Gasteiger partial charge in [-0.15, -0.1) is 11.6 Å². The number of amides is 1. The third kappa shape index (κ3) is 3.30. The molecular weight excluding hydrogens is 268 g/mol. The molecule has 1 aliphatic rings. The van der Waals surface area contributed by atoms with Crippen molar-refractivity contribution in [1.82, 2.24) is 9.80 Å². The van der Waals surface area contributed by atoms with Crippen molar-refractivity contribution < 1.29 is 15.0 Å². The summed E-state index contributed by atoms with van der Waals surface area (Å²) < 4.78 is 0. The average Bonchev–Trinajstić information content (AvgIpc) is 2.39. The van der Waals surface area contributed by atoms with E-state index in [2.05, 4.69) is 4.90 Å². The molecule has 0 bridgehead atoms. The summed E-state index contributed by atoms with van der Waals surface area (Å²) in [5.41, 5.74) is 0.226. The van der Waals surface area contributed by atoms with Crippen molar-refractivity contribution in [3.63, 3.8) is 0 Å². The van der Waals surface area contributed by atoms with Gasteiger partial charge in [0.05, 0.1) is 5.56 Å². The van der Waals surface area contributed by atoms with Crippen molar-refractivity contribution in [2.24, 2.45) is 0 Å². The highest BCUT2D eigenvalue weighted by atomic mass is 35.5. The molecule has 1 aromatic carbocycles. The minimum absolute atomic E-state index is 0.0546. The van der Waals surface area contributed by atoms with E-state index in [1.54, 1.807) is 4.90 Å². The Morgan fingerprint density at radius 2 is 1.89 bits per heavy atom. The Kier molecular flexibility index (Phi) is 4.50. The maximum Gasteiger partial charge on any atom is 0.257 e. The van der Waals surface area contributed by atoms with E-state index in [1.165, 1.54) is 18.2 Å². The third-order valence-electron chi connectivity index (χ3n) is 3.27. The van der Waals surface area contributed by atoms with E-state index >= 15 is 0 Å². The minimum Gasteiger partial charge on any atom is -0.508 e. The number of alkyl halides is 1. The predicted octanol–water partition coefficient (Wildman–Crippen LogP) is 1.09. The monoisotopic (exact) mass is 284 g/mol. The van der Waals surface area contributed by atoms with Crippen molar-refractivity contribution in [3.8, 4) is 11.5 Å². The molecule has 1 fully saturated rings. The van der Waals surface area contributed by atoms with Crippen LogP contribution in [0.1, 0.15) is 10.4 Å². The van der Waals surface area contributed by atoms with E-state index in [9.17, 15) is 15.0 Å². The molecule has 0 atom stereocenters. The topological polar surface area (TPSA) is 64.0 Å². The van der Waals surface area contributed by atoms with Crippen LogP contribution in [0.2, 0.25) is 0 Å². The first-order valence-electron chi connectivity index (χ1n) is 6.21. The Balaban J connectivity index is 2.01. The molecular formula is C13H17ClN2O3. The number of phenols is 2. The van der Waals surface area contributed by atoms with Crippen molar-refractivity contribution in [1.29, 1.82) is 0 Å². The van der Waals surface area contributed by atoms with Gasteiger partial charge in [0.2, 0.25) is 0 Å². The summed E-state index contributed by atoms with van der Waals surface area (Å²) in [6.45, 7) is 3.65. The van der Waals surface area contributed by atoms with Gasteiger partial charge in [0.15, 0.2) is 0 Å². The van der Waals surface area contributed by atoms with Gasteiger partial charge >= 0.3 is 0 Å². The van der Waals surface area contributed by atoms with Crippen LogP contribution in [-0.4, -0.2) is 64.5 Å². The fourth-order valence-electron chi connectivity index (χ4n) is 2.17. The van der Waals surface area contributed by atoms with Gasteiger partial charge in [0.1, 0.15) is 11.5 Å². The second kappa shape index (κ2) is 6.12. The van der Waals surface area contributed by atoms with Crippen molar-refractivity contribution in [2.45, 2.75) is 0 Å². The first kappa shape index (κ1) is 14.0. The van der Waals surface area contributed by atoms with E-state index in [1.807, 2.05) is 0 Å². The number of rotatable bonds is 3. The third-order valence-corrected chi connectivity index (χ3v) is 3.44. The lowest BCUT2D eigenvalue weighted by atomic mass is 10.1. The Hall–Kier alpha value is -1.46. The minimum atomic E-state index is -0.206. The van der Waals surface area contributed by atoms with Gasteiger partial charge in [0, 0.05) is 44.7 Å². The fraction of sp³-hybridized carbons (Fsp3) is 0.462. The number of benzene rings is 1. The predicted molar refractivity (Wildman–Crippen MR) is 72.8 cm³/mol. The van der Waals surface area contributed by atoms with Crippen LogP contribution >= 0.6 is 11.6 Å². The maximum atomic E-state index is 12.2. The van der Waals surface area contributed by atoms with Crippen molar-refractivity contribution >= 4 is 17.5 Å². The fourth-order valence-corrected chi connectivity index (χ4v) is 2.40. The van der Waals surface area contributed by atoms with Crippen LogP contribution in [0, 0.1) is 0 Å². The number of phenolic OH excluding ortho intramolecular Hbond substituents is 2. The molecule has 0 aliphatic carbocycles. The summed E-state index contributed by atoms with van der Waals surface area (Å²) in [7, 11) is 0. The van der Waals surface area contributed by atoms with Crippen molar-refractivity contribution in [3.05, 3.63) is 23.8 Å². The molecule has 19 heavy (non-hydrogen) atoms. The molecule has 1 aromatic rings. The molecule has 2 N–H and O–H groups in total. The highest BCUT2D eigenvalue weighted by Gasteiger charge is 2.23. The van der Waals surface area contributed by atoms with Gasteiger partial charge in [-0.1, -0.05) is 0 Å². The number of hydrogen-bond acceptors (Lipinski definition) is 4. The summed E-state index contributed by atoms with van der Waals surface area (Å²) in [5, 5.41) is 18.9. The van der Waals surface area contributed by atoms with Gasteiger partial charge in [-0.3, -0.25) is 9.69 Å². The van der Waals surface area contributed by atoms with Gasteiger partial charge in [0.25, 0.3) is 5.91 Å². The number of hydrogen-bond donors (Lipinski definition) is 2. The van der Waals surface area contributed by atoms with Gasteiger partial charge < -0.3 is 15.1 Å². The number of piperazine rings is 1. The first-order valence-corrected chi connectivity index (χ1v) is 6.75. The van der Waals surface area contributed by atoms with Crippen LogP contribution in [-0.2, 0) is 0 Å². The Bertz CT molecular complexity index is 459. The normalized spacial score (nSPS) is 16.6. The lowest BCUT2D eigenvalue weighted by Gasteiger charge is -2.34. The Morgan fingerprint density at radius 3 is 2.47 bits per heavy atom. The molecule has 1 heterocycles. The molecule has 1 saturated heterocycles. The quantitative estimate of drug-likeness (QED) is 0.816. The summed E-state index contributed by atoms with van der Waals surface area (Å²) in [5.74, 6) is 0.143. The molecule has 6 heteroatoms. The average molecular weight is 285 g/mol. The molecule has 104 valence electrons. The van der Waals surface area contributed by atoms with Crippen LogP contribution in [0.5, 0.6) is 11.5 Å². The van der Waals surface area contributed by atoms with Crippen molar-refractivity contribution in [2.75, 3.05) is 38.6 Å². The Labute approximate surface area is 117 Å². The zero-order chi connectivity index (χ0) is 13.8. The molecule has 0 unspecified atom stereocenters. The zero-order valence-corrected chi connectivity index (χ0v) is 11.3. The molecule has 0 aromatic heterocycles. The lowest BCUT2D eigenvalue weighted by Crippen LogP contribution is -2.49. The standard InChI is InChI=1S/C13H17ClN2O3/c14-3-4-15-5-7-16(8-6-15)13(19)11-2-1-10(17)9-12(11)18/h1-2,9,17-18H,3-8H2. The number of carbonyl (C=O) groups is 1. The molecule has 5 nitrogen and oxygen atoms in total. The summed E-state index contributed by atoms with van der Waals surface area (Å²) in [6, 6.07) is 4.02. The second-order valence-corrected chi connectivity index (χ2v) is 4.90. The summed E-state index contributed by atoms with van der Waals surface area (Å²) in [6.07, 6.45) is 0. The largest absolute Gasteiger partial charge is 0.508 e. The van der Waals surface area contributed by atoms with Crippen LogP contribution in [0.4, 0.5) is 0 Å². The SMILES string of the molecule is O=C(c1ccc(O)cc1O)N1CCN(CCCl)CC1. The van der Waals surface area contributed by atoms with Gasteiger partial charge in [-0.25, -0.2) is 0 Å². The number of aromatic hydroxyl groups is 2. The number of nitrogens with zero attached hydrogens (tertiary/aromatic N) is 2. The van der Waals surface area contributed by atoms with E-state index in [0.717, 1.165) is 19.6 Å². The van der Waals surface area contributed by atoms with E-state index in [0.29, 0.717) is 19.0 Å². The summed E-state index contributed by atoms with van der Waals surface area (Å²) in [4.78, 5) is 16.1.